The summed E-state index contributed by atoms with van der Waals surface area (Å²) >= 11 is 0. The van der Waals surface area contributed by atoms with Crippen LogP contribution in [0, 0.1) is 0 Å². The Morgan fingerprint density at radius 2 is 0.467 bits per heavy atom. The van der Waals surface area contributed by atoms with Crippen molar-refractivity contribution in [3.05, 3.63) is 235 Å². The number of carbonyl (C=O) groups is 2. The van der Waals surface area contributed by atoms with Gasteiger partial charge in [-0.3, -0.25) is 9.59 Å². The summed E-state index contributed by atoms with van der Waals surface area (Å²) in [7, 11) is 0. The molecule has 0 aliphatic carbocycles. The van der Waals surface area contributed by atoms with E-state index in [1.807, 2.05) is 0 Å². The van der Waals surface area contributed by atoms with Crippen molar-refractivity contribution in [2.75, 3.05) is 4.90 Å². The van der Waals surface area contributed by atoms with Crippen LogP contribution in [-0.4, -0.2) is 30.1 Å². The van der Waals surface area contributed by atoms with Crippen LogP contribution in [0.4, 0.5) is 5.69 Å². The number of amides is 2. The van der Waals surface area contributed by atoms with Crippen molar-refractivity contribution in [2.24, 2.45) is 0 Å². The summed E-state index contributed by atoms with van der Waals surface area (Å²) < 4.78 is 9.37. The molecule has 75 heavy (non-hydrogen) atoms. The van der Waals surface area contributed by atoms with E-state index in [1.165, 1.54) is 0 Å². The normalized spacial score (nSPS) is 13.1. The van der Waals surface area contributed by atoms with E-state index in [9.17, 15) is 0 Å². The van der Waals surface area contributed by atoms with Gasteiger partial charge in [-0.1, -0.05) is 191 Å². The van der Waals surface area contributed by atoms with Gasteiger partial charge in [-0.25, -0.2) is 4.90 Å². The maximum absolute atomic E-state index is 17.1. The van der Waals surface area contributed by atoms with E-state index in [-0.39, 0.29) is 23.7 Å². The van der Waals surface area contributed by atoms with Gasteiger partial charge < -0.3 is 18.3 Å². The number of anilines is 1. The second-order valence-corrected chi connectivity index (χ2v) is 20.7. The molecule has 1 aliphatic rings. The van der Waals surface area contributed by atoms with Gasteiger partial charge in [0, 0.05) is 43.1 Å². The molecule has 1 aliphatic heterocycles. The molecule has 4 aromatic heterocycles. The zero-order valence-corrected chi connectivity index (χ0v) is 41.9. The third-order valence-electron chi connectivity index (χ3n) is 16.0. The lowest BCUT2D eigenvalue weighted by Crippen LogP contribution is -2.32. The smallest absolute Gasteiger partial charge is 0.268 e. The van der Waals surface area contributed by atoms with Gasteiger partial charge in [-0.2, -0.15) is 0 Å². The first-order chi connectivity index (χ1) is 36.8. The van der Waals surface area contributed by atoms with Crippen LogP contribution in [-0.2, 0) is 0 Å². The van der Waals surface area contributed by atoms with Crippen LogP contribution in [0.25, 0.3) is 110 Å². The van der Waals surface area contributed by atoms with Crippen LogP contribution in [0.5, 0.6) is 0 Å². The standard InChI is InChI=1S/C68H49N5O2/c1-40(2)42-30-21-31-43(41(3)4)62(42)73-67(74)60-61(68(73)75)64(70-54-34-15-7-24-46(54)47-25-8-16-35-55(47)70)66(72-58-38-19-11-28-50(58)51-29-12-20-39-59(51)72)65(71-56-36-17-9-26-48(56)49-27-10-18-37-57(49)71)63(60)69-52-32-13-5-22-44(52)45-23-6-14-33-53(45)69/h5-41H,1-4H3. The number of hydrogen-bond acceptors (Lipinski definition) is 2. The lowest BCUT2D eigenvalue weighted by molar-refractivity contribution is 0.0925. The van der Waals surface area contributed by atoms with Crippen molar-refractivity contribution in [3.8, 4) is 22.7 Å². The number of hydrogen-bond donors (Lipinski definition) is 0. The molecule has 0 saturated carbocycles. The highest BCUT2D eigenvalue weighted by molar-refractivity contribution is 6.39. The van der Waals surface area contributed by atoms with Crippen molar-refractivity contribution >= 4 is 105 Å². The monoisotopic (exact) mass is 967 g/mol. The number of aromatic nitrogens is 4. The Hall–Kier alpha value is -9.46. The summed E-state index contributed by atoms with van der Waals surface area (Å²) in [4.78, 5) is 35.8. The molecule has 2 amide bonds. The number of fused-ring (bicyclic) bond motifs is 13. The highest BCUT2D eigenvalue weighted by Crippen LogP contribution is 2.52. The van der Waals surface area contributed by atoms with Crippen LogP contribution >= 0.6 is 0 Å². The lowest BCUT2D eigenvalue weighted by atomic mass is 9.92. The second-order valence-electron chi connectivity index (χ2n) is 20.7. The van der Waals surface area contributed by atoms with Crippen molar-refractivity contribution in [1.82, 2.24) is 18.3 Å². The van der Waals surface area contributed by atoms with Gasteiger partial charge in [0.2, 0.25) is 0 Å². The zero-order chi connectivity index (χ0) is 50.4. The lowest BCUT2D eigenvalue weighted by Gasteiger charge is -2.28. The van der Waals surface area contributed by atoms with E-state index in [0.29, 0.717) is 28.2 Å². The molecule has 358 valence electrons. The van der Waals surface area contributed by atoms with E-state index < -0.39 is 0 Å². The summed E-state index contributed by atoms with van der Waals surface area (Å²) in [5, 5.41) is 8.47. The molecule has 0 unspecified atom stereocenters. The first kappa shape index (κ1) is 43.2. The van der Waals surface area contributed by atoms with E-state index >= 15 is 9.59 Å². The topological polar surface area (TPSA) is 57.1 Å². The number of carbonyl (C=O) groups excluding carboxylic acids is 2. The summed E-state index contributed by atoms with van der Waals surface area (Å²) in [6.45, 7) is 8.59. The Morgan fingerprint density at radius 3 is 0.693 bits per heavy atom. The molecule has 0 spiro atoms. The minimum absolute atomic E-state index is 0.00190. The van der Waals surface area contributed by atoms with Gasteiger partial charge in [-0.15, -0.1) is 0 Å². The highest BCUT2D eigenvalue weighted by Gasteiger charge is 2.48. The number of benzene rings is 10. The average molecular weight is 968 g/mol. The Bertz CT molecular complexity index is 4280. The third-order valence-corrected chi connectivity index (χ3v) is 16.0. The van der Waals surface area contributed by atoms with Gasteiger partial charge in [0.15, 0.2) is 0 Å². The van der Waals surface area contributed by atoms with E-state index in [0.717, 1.165) is 110 Å². The molecule has 7 nitrogen and oxygen atoms in total. The van der Waals surface area contributed by atoms with Crippen LogP contribution in [0.15, 0.2) is 212 Å². The van der Waals surface area contributed by atoms with E-state index in [1.54, 1.807) is 4.90 Å². The second kappa shape index (κ2) is 16.0. The van der Waals surface area contributed by atoms with Gasteiger partial charge in [0.1, 0.15) is 0 Å². The molecule has 10 aromatic carbocycles. The fourth-order valence-corrected chi connectivity index (χ4v) is 12.9. The maximum atomic E-state index is 17.1. The number of nitrogens with zero attached hydrogens (tertiary/aromatic N) is 5. The fourth-order valence-electron chi connectivity index (χ4n) is 12.9. The molecule has 0 radical (unpaired) electrons. The first-order valence-electron chi connectivity index (χ1n) is 26.0. The molecule has 0 saturated heterocycles. The summed E-state index contributed by atoms with van der Waals surface area (Å²) in [6.07, 6.45) is 0. The van der Waals surface area contributed by atoms with Gasteiger partial charge in [0.05, 0.1) is 83.7 Å². The van der Waals surface area contributed by atoms with Gasteiger partial charge in [0.25, 0.3) is 11.8 Å². The highest BCUT2D eigenvalue weighted by atomic mass is 16.2. The largest absolute Gasteiger partial charge is 0.306 e. The maximum Gasteiger partial charge on any atom is 0.268 e. The van der Waals surface area contributed by atoms with Crippen molar-refractivity contribution in [1.29, 1.82) is 0 Å². The molecule has 0 N–H and O–H groups in total. The van der Waals surface area contributed by atoms with Crippen LogP contribution in [0.2, 0.25) is 0 Å². The summed E-state index contributed by atoms with van der Waals surface area (Å²) in [6, 6.07) is 74.6. The molecule has 14 aromatic rings. The van der Waals surface area contributed by atoms with Crippen molar-refractivity contribution < 1.29 is 9.59 Å². The Balaban J connectivity index is 1.30. The molecular formula is C68H49N5O2. The van der Waals surface area contributed by atoms with Crippen LogP contribution < -0.4 is 4.90 Å². The number of para-hydroxylation sites is 9. The molecule has 15 rings (SSSR count). The molecule has 7 heteroatoms. The molecule has 0 fully saturated rings. The summed E-state index contributed by atoms with van der Waals surface area (Å²) in [5.74, 6) is -0.727. The van der Waals surface area contributed by atoms with E-state index in [2.05, 4.69) is 258 Å². The molecule has 5 heterocycles. The quantitative estimate of drug-likeness (QED) is 0.149. The summed E-state index contributed by atoms with van der Waals surface area (Å²) in [5.41, 5.74) is 13.6. The van der Waals surface area contributed by atoms with Crippen molar-refractivity contribution in [3.63, 3.8) is 0 Å². The van der Waals surface area contributed by atoms with E-state index in [4.69, 9.17) is 0 Å². The predicted molar refractivity (Wildman–Crippen MR) is 310 cm³/mol. The molecular weight excluding hydrogens is 919 g/mol. The number of rotatable bonds is 7. The fraction of sp³-hybridized carbons (Fsp3) is 0.0882. The SMILES string of the molecule is CC(C)c1cccc(C(C)C)c1N1C(=O)c2c(c(-n3c4ccccc4c4ccccc43)c(-n3c4ccccc4c4ccccc43)c(-n3c4ccccc4c4ccccc43)c2-n2c3ccccc3c3ccccc32)C1=O. The molecule has 0 bridgehead atoms. The van der Waals surface area contributed by atoms with Gasteiger partial charge >= 0.3 is 0 Å². The van der Waals surface area contributed by atoms with Crippen LogP contribution in [0.3, 0.4) is 0 Å². The Kier molecular flexibility index (Phi) is 9.22. The third kappa shape index (κ3) is 5.80. The zero-order valence-electron chi connectivity index (χ0n) is 41.9. The van der Waals surface area contributed by atoms with Crippen LogP contribution in [0.1, 0.15) is 71.4 Å². The van der Waals surface area contributed by atoms with Crippen molar-refractivity contribution in [2.45, 2.75) is 39.5 Å². The molecule has 0 atom stereocenters. The van der Waals surface area contributed by atoms with Gasteiger partial charge in [-0.05, 0) is 71.5 Å². The minimum atomic E-state index is -0.361. The first-order valence-corrected chi connectivity index (χ1v) is 26.0. The number of imide groups is 1. The minimum Gasteiger partial charge on any atom is -0.306 e. The average Bonchev–Trinajstić information content (AvgIpc) is 4.31. The predicted octanol–water partition coefficient (Wildman–Crippen LogP) is 17.1. The Labute approximate surface area is 432 Å². The Morgan fingerprint density at radius 1 is 0.253 bits per heavy atom.